The molecule has 0 aliphatic heterocycles. The molecular formula is C10H15Cl. The highest BCUT2D eigenvalue weighted by atomic mass is 35.5. The zero-order valence-electron chi connectivity index (χ0n) is 7.23. The summed E-state index contributed by atoms with van der Waals surface area (Å²) in [6.07, 6.45) is 5.02. The van der Waals surface area contributed by atoms with Gasteiger partial charge < -0.3 is 0 Å². The third-order valence-electron chi connectivity index (χ3n) is 3.74. The molecule has 0 radical (unpaired) electrons. The molecule has 62 valence electrons. The molecule has 0 heterocycles. The van der Waals surface area contributed by atoms with Crippen molar-refractivity contribution in [3.8, 4) is 0 Å². The quantitative estimate of drug-likeness (QED) is 0.419. The van der Waals surface area contributed by atoms with Crippen molar-refractivity contribution >= 4 is 11.6 Å². The Morgan fingerprint density at radius 1 is 1.64 bits per heavy atom. The first-order valence-corrected chi connectivity index (χ1v) is 4.94. The SMILES string of the molecule is CC1(C)[C@H]2CC=C(CCl)[C@@H]1C2. The van der Waals surface area contributed by atoms with Crippen LogP contribution >= 0.6 is 11.6 Å². The van der Waals surface area contributed by atoms with Gasteiger partial charge in [-0.25, -0.2) is 0 Å². The molecule has 1 saturated carbocycles. The Morgan fingerprint density at radius 2 is 2.36 bits per heavy atom. The van der Waals surface area contributed by atoms with Gasteiger partial charge in [-0.1, -0.05) is 25.5 Å². The van der Waals surface area contributed by atoms with E-state index in [0.717, 1.165) is 17.7 Å². The lowest BCUT2D eigenvalue weighted by Gasteiger charge is -2.56. The van der Waals surface area contributed by atoms with Crippen LogP contribution in [0.25, 0.3) is 0 Å². The first-order valence-electron chi connectivity index (χ1n) is 4.41. The molecule has 0 aromatic rings. The van der Waals surface area contributed by atoms with Gasteiger partial charge in [-0.15, -0.1) is 11.6 Å². The lowest BCUT2D eigenvalue weighted by molar-refractivity contribution is -0.00548. The van der Waals surface area contributed by atoms with Crippen molar-refractivity contribution < 1.29 is 0 Å². The third-order valence-corrected chi connectivity index (χ3v) is 4.05. The largest absolute Gasteiger partial charge is 0.122 e. The van der Waals surface area contributed by atoms with E-state index in [1.165, 1.54) is 18.4 Å². The number of allylic oxidation sites excluding steroid dienone is 2. The van der Waals surface area contributed by atoms with E-state index >= 15 is 0 Å². The Bertz CT molecular complexity index is 203. The minimum Gasteiger partial charge on any atom is -0.122 e. The van der Waals surface area contributed by atoms with Gasteiger partial charge in [0.05, 0.1) is 0 Å². The summed E-state index contributed by atoms with van der Waals surface area (Å²) in [6.45, 7) is 4.76. The van der Waals surface area contributed by atoms with Gasteiger partial charge in [-0.05, 0) is 30.1 Å². The van der Waals surface area contributed by atoms with Crippen LogP contribution in [0, 0.1) is 17.3 Å². The van der Waals surface area contributed by atoms with Crippen LogP contribution < -0.4 is 0 Å². The van der Waals surface area contributed by atoms with Gasteiger partial charge in [0.25, 0.3) is 0 Å². The van der Waals surface area contributed by atoms with Crippen molar-refractivity contribution in [1.82, 2.24) is 0 Å². The summed E-state index contributed by atoms with van der Waals surface area (Å²) in [7, 11) is 0. The second-order valence-electron chi connectivity index (χ2n) is 4.45. The molecule has 0 saturated heterocycles. The molecule has 3 aliphatic rings. The summed E-state index contributed by atoms with van der Waals surface area (Å²) in [6, 6.07) is 0. The van der Waals surface area contributed by atoms with Gasteiger partial charge in [0.15, 0.2) is 0 Å². The predicted molar refractivity (Wildman–Crippen MR) is 48.8 cm³/mol. The van der Waals surface area contributed by atoms with Crippen LogP contribution in [0.15, 0.2) is 11.6 Å². The molecule has 1 fully saturated rings. The van der Waals surface area contributed by atoms with E-state index in [-0.39, 0.29) is 0 Å². The first-order chi connectivity index (χ1) is 5.16. The normalized spacial score (nSPS) is 39.4. The average molecular weight is 171 g/mol. The van der Waals surface area contributed by atoms with E-state index in [1.807, 2.05) is 0 Å². The molecule has 3 rings (SSSR count). The minimum absolute atomic E-state index is 0.555. The molecule has 0 spiro atoms. The number of hydrogen-bond donors (Lipinski definition) is 0. The molecule has 0 N–H and O–H groups in total. The van der Waals surface area contributed by atoms with Crippen LogP contribution in [0.3, 0.4) is 0 Å². The van der Waals surface area contributed by atoms with Crippen molar-refractivity contribution in [3.63, 3.8) is 0 Å². The van der Waals surface area contributed by atoms with E-state index in [2.05, 4.69) is 19.9 Å². The van der Waals surface area contributed by atoms with E-state index in [4.69, 9.17) is 11.6 Å². The Kier molecular flexibility index (Phi) is 1.57. The smallest absolute Gasteiger partial charge is 0.0436 e. The van der Waals surface area contributed by atoms with Crippen LogP contribution in [-0.2, 0) is 0 Å². The van der Waals surface area contributed by atoms with Gasteiger partial charge in [0, 0.05) is 5.88 Å². The molecule has 3 aliphatic carbocycles. The van der Waals surface area contributed by atoms with E-state index in [0.29, 0.717) is 5.41 Å². The van der Waals surface area contributed by atoms with Crippen LogP contribution in [0.4, 0.5) is 0 Å². The lowest BCUT2D eigenvalue weighted by atomic mass is 9.49. The summed E-state index contributed by atoms with van der Waals surface area (Å²) < 4.78 is 0. The summed E-state index contributed by atoms with van der Waals surface area (Å²) in [5.74, 6) is 2.50. The molecule has 0 nitrogen and oxygen atoms in total. The fourth-order valence-corrected chi connectivity index (χ4v) is 2.92. The van der Waals surface area contributed by atoms with E-state index in [1.54, 1.807) is 0 Å². The van der Waals surface area contributed by atoms with Gasteiger partial charge >= 0.3 is 0 Å². The number of fused-ring (bicyclic) bond motifs is 1. The average Bonchev–Trinajstić information content (AvgIpc) is 2.04. The molecule has 0 unspecified atom stereocenters. The highest BCUT2D eigenvalue weighted by Crippen LogP contribution is 2.59. The van der Waals surface area contributed by atoms with Gasteiger partial charge in [-0.3, -0.25) is 0 Å². The fraction of sp³-hybridized carbons (Fsp3) is 0.800. The highest BCUT2D eigenvalue weighted by Gasteiger charge is 2.50. The third kappa shape index (κ3) is 0.885. The molecule has 2 bridgehead atoms. The second kappa shape index (κ2) is 2.26. The lowest BCUT2D eigenvalue weighted by Crippen LogP contribution is -2.48. The van der Waals surface area contributed by atoms with E-state index in [9.17, 15) is 0 Å². The van der Waals surface area contributed by atoms with Gasteiger partial charge in [-0.2, -0.15) is 0 Å². The Hall–Kier alpha value is 0.0300. The molecule has 2 atom stereocenters. The monoisotopic (exact) mass is 170 g/mol. The van der Waals surface area contributed by atoms with Gasteiger partial charge in [0.1, 0.15) is 0 Å². The maximum absolute atomic E-state index is 5.86. The highest BCUT2D eigenvalue weighted by molar-refractivity contribution is 6.19. The number of rotatable bonds is 1. The van der Waals surface area contributed by atoms with Crippen LogP contribution in [0.2, 0.25) is 0 Å². The Balaban J connectivity index is 2.23. The summed E-state index contributed by atoms with van der Waals surface area (Å²) >= 11 is 5.86. The minimum atomic E-state index is 0.555. The standard InChI is InChI=1S/C10H15Cl/c1-10(2)8-4-3-7(6-11)9(10)5-8/h3,8-9H,4-6H2,1-2H3/t8-,9-/m0/s1. The summed E-state index contributed by atoms with van der Waals surface area (Å²) in [5, 5.41) is 0. The maximum atomic E-state index is 5.86. The molecular weight excluding hydrogens is 156 g/mol. The van der Waals surface area contributed by atoms with Crippen molar-refractivity contribution in [2.75, 3.05) is 5.88 Å². The van der Waals surface area contributed by atoms with Crippen LogP contribution in [0.1, 0.15) is 26.7 Å². The molecule has 1 heteroatoms. The van der Waals surface area contributed by atoms with E-state index < -0.39 is 0 Å². The molecule has 11 heavy (non-hydrogen) atoms. The molecule has 0 amide bonds. The predicted octanol–water partition coefficient (Wildman–Crippen LogP) is 3.22. The number of alkyl halides is 1. The Labute approximate surface area is 73.6 Å². The second-order valence-corrected chi connectivity index (χ2v) is 4.72. The van der Waals surface area contributed by atoms with Crippen molar-refractivity contribution in [3.05, 3.63) is 11.6 Å². The maximum Gasteiger partial charge on any atom is 0.0436 e. The van der Waals surface area contributed by atoms with Crippen molar-refractivity contribution in [2.45, 2.75) is 26.7 Å². The molecule has 0 aromatic carbocycles. The zero-order chi connectivity index (χ0) is 8.06. The van der Waals surface area contributed by atoms with Crippen molar-refractivity contribution in [1.29, 1.82) is 0 Å². The van der Waals surface area contributed by atoms with Crippen LogP contribution in [0.5, 0.6) is 0 Å². The summed E-state index contributed by atoms with van der Waals surface area (Å²) in [5.41, 5.74) is 2.05. The van der Waals surface area contributed by atoms with Gasteiger partial charge in [0.2, 0.25) is 0 Å². The number of hydrogen-bond acceptors (Lipinski definition) is 0. The van der Waals surface area contributed by atoms with Crippen molar-refractivity contribution in [2.24, 2.45) is 17.3 Å². The Morgan fingerprint density at radius 3 is 2.73 bits per heavy atom. The zero-order valence-corrected chi connectivity index (χ0v) is 7.99. The fourth-order valence-electron chi connectivity index (χ4n) is 2.63. The molecule has 0 aromatic heterocycles. The summed E-state index contributed by atoms with van der Waals surface area (Å²) in [4.78, 5) is 0. The number of halogens is 1. The van der Waals surface area contributed by atoms with Crippen LogP contribution in [-0.4, -0.2) is 5.88 Å². The topological polar surface area (TPSA) is 0 Å². The first kappa shape index (κ1) is 7.67.